The van der Waals surface area contributed by atoms with E-state index in [2.05, 4.69) is 4.98 Å². The second-order valence-corrected chi connectivity index (χ2v) is 4.75. The third-order valence-electron chi connectivity index (χ3n) is 2.09. The molecular weight excluding hydrogens is 269 g/mol. The van der Waals surface area contributed by atoms with Gasteiger partial charge < -0.3 is 10.0 Å². The Hall–Kier alpha value is -1.15. The highest BCUT2D eigenvalue weighted by Gasteiger charge is 2.32. The van der Waals surface area contributed by atoms with Gasteiger partial charge in [-0.25, -0.2) is 4.98 Å². The van der Waals surface area contributed by atoms with Crippen molar-refractivity contribution in [1.82, 2.24) is 9.88 Å². The molecule has 1 amide bonds. The number of nitrogens with zero attached hydrogens (tertiary/aromatic N) is 2. The number of aromatic nitrogens is 1. The molecule has 0 atom stereocenters. The van der Waals surface area contributed by atoms with E-state index in [0.717, 1.165) is 5.01 Å². The number of aliphatic hydroxyl groups excluding tert-OH is 1. The Morgan fingerprint density at radius 3 is 2.67 bits per heavy atom. The molecule has 0 bridgehead atoms. The zero-order valence-electron chi connectivity index (χ0n) is 9.70. The minimum atomic E-state index is -4.47. The van der Waals surface area contributed by atoms with Gasteiger partial charge in [0.1, 0.15) is 6.54 Å². The summed E-state index contributed by atoms with van der Waals surface area (Å²) in [7, 11) is 0. The molecule has 0 fully saturated rings. The lowest BCUT2D eigenvalue weighted by molar-refractivity contribution is -0.161. The molecule has 0 unspecified atom stereocenters. The standard InChI is InChI=1S/C10H13F3N2O2S/c1-7-14-8(5-18-7)4-9(17)15(2-3-16)6-10(11,12)13/h5,16H,2-4,6H2,1H3. The maximum atomic E-state index is 12.2. The van der Waals surface area contributed by atoms with Crippen LogP contribution in [-0.2, 0) is 11.2 Å². The first kappa shape index (κ1) is 14.9. The van der Waals surface area contributed by atoms with Gasteiger partial charge in [-0.2, -0.15) is 13.2 Å². The fraction of sp³-hybridized carbons (Fsp3) is 0.600. The van der Waals surface area contributed by atoms with Gasteiger partial charge in [0, 0.05) is 11.9 Å². The SMILES string of the molecule is Cc1nc(CC(=O)N(CCO)CC(F)(F)F)cs1. The van der Waals surface area contributed by atoms with Gasteiger partial charge in [0.05, 0.1) is 23.7 Å². The monoisotopic (exact) mass is 282 g/mol. The highest BCUT2D eigenvalue weighted by molar-refractivity contribution is 7.09. The molecule has 8 heteroatoms. The Bertz CT molecular complexity index is 406. The summed E-state index contributed by atoms with van der Waals surface area (Å²) in [4.78, 5) is 16.3. The molecule has 1 aromatic rings. The summed E-state index contributed by atoms with van der Waals surface area (Å²) < 4.78 is 36.7. The van der Waals surface area contributed by atoms with E-state index in [1.54, 1.807) is 12.3 Å². The van der Waals surface area contributed by atoms with Crippen molar-refractivity contribution in [3.63, 3.8) is 0 Å². The van der Waals surface area contributed by atoms with E-state index < -0.39 is 25.2 Å². The second kappa shape index (κ2) is 6.14. The van der Waals surface area contributed by atoms with Gasteiger partial charge in [-0.05, 0) is 6.92 Å². The van der Waals surface area contributed by atoms with Crippen LogP contribution in [0, 0.1) is 6.92 Å². The normalized spacial score (nSPS) is 11.6. The molecule has 1 aromatic heterocycles. The summed E-state index contributed by atoms with van der Waals surface area (Å²) in [5.41, 5.74) is 0.451. The van der Waals surface area contributed by atoms with Gasteiger partial charge in [-0.3, -0.25) is 4.79 Å². The van der Waals surface area contributed by atoms with Gasteiger partial charge >= 0.3 is 6.18 Å². The molecule has 0 aliphatic rings. The van der Waals surface area contributed by atoms with Crippen LogP contribution >= 0.6 is 11.3 Å². The Morgan fingerprint density at radius 2 is 2.22 bits per heavy atom. The number of alkyl halides is 3. The maximum Gasteiger partial charge on any atom is 0.406 e. The number of rotatable bonds is 5. The van der Waals surface area contributed by atoms with Gasteiger partial charge in [0.15, 0.2) is 0 Å². The smallest absolute Gasteiger partial charge is 0.395 e. The lowest BCUT2D eigenvalue weighted by atomic mass is 10.3. The van der Waals surface area contributed by atoms with Crippen LogP contribution in [0.15, 0.2) is 5.38 Å². The molecule has 1 heterocycles. The molecule has 1 N–H and O–H groups in total. The fourth-order valence-electron chi connectivity index (χ4n) is 1.39. The Labute approximate surface area is 106 Å². The highest BCUT2D eigenvalue weighted by Crippen LogP contribution is 2.17. The van der Waals surface area contributed by atoms with E-state index >= 15 is 0 Å². The number of carbonyl (C=O) groups excluding carboxylic acids is 1. The lowest BCUT2D eigenvalue weighted by Gasteiger charge is -2.22. The van der Waals surface area contributed by atoms with Crippen molar-refractivity contribution in [2.24, 2.45) is 0 Å². The minimum Gasteiger partial charge on any atom is -0.395 e. The van der Waals surface area contributed by atoms with Crippen molar-refractivity contribution in [3.05, 3.63) is 16.1 Å². The predicted molar refractivity (Wildman–Crippen MR) is 60.3 cm³/mol. The van der Waals surface area contributed by atoms with Crippen molar-refractivity contribution in [2.75, 3.05) is 19.7 Å². The molecule has 0 saturated heterocycles. The van der Waals surface area contributed by atoms with Crippen molar-refractivity contribution >= 4 is 17.2 Å². The van der Waals surface area contributed by atoms with Crippen LogP contribution in [0.2, 0.25) is 0 Å². The van der Waals surface area contributed by atoms with Crippen LogP contribution in [0.5, 0.6) is 0 Å². The zero-order chi connectivity index (χ0) is 13.8. The molecule has 4 nitrogen and oxygen atoms in total. The summed E-state index contributed by atoms with van der Waals surface area (Å²) in [6, 6.07) is 0. The topological polar surface area (TPSA) is 53.4 Å². The lowest BCUT2D eigenvalue weighted by Crippen LogP contribution is -2.41. The van der Waals surface area contributed by atoms with E-state index in [0.29, 0.717) is 10.6 Å². The van der Waals surface area contributed by atoms with Crippen LogP contribution in [0.3, 0.4) is 0 Å². The molecule has 1 rings (SSSR count). The minimum absolute atomic E-state index is 0.180. The van der Waals surface area contributed by atoms with Gasteiger partial charge in [-0.15, -0.1) is 11.3 Å². The van der Waals surface area contributed by atoms with Crippen LogP contribution in [-0.4, -0.2) is 46.8 Å². The first-order chi connectivity index (χ1) is 8.31. The van der Waals surface area contributed by atoms with Gasteiger partial charge in [0.25, 0.3) is 0 Å². The van der Waals surface area contributed by atoms with E-state index in [1.807, 2.05) is 0 Å². The van der Waals surface area contributed by atoms with Crippen LogP contribution < -0.4 is 0 Å². The number of halogens is 3. The average Bonchev–Trinajstić information content (AvgIpc) is 2.61. The molecule has 18 heavy (non-hydrogen) atoms. The van der Waals surface area contributed by atoms with Crippen LogP contribution in [0.1, 0.15) is 10.7 Å². The molecule has 0 saturated carbocycles. The number of hydrogen-bond donors (Lipinski definition) is 1. The van der Waals surface area contributed by atoms with Gasteiger partial charge in [-0.1, -0.05) is 0 Å². The van der Waals surface area contributed by atoms with E-state index in [9.17, 15) is 18.0 Å². The quantitative estimate of drug-likeness (QED) is 0.887. The number of hydrogen-bond acceptors (Lipinski definition) is 4. The number of amides is 1. The zero-order valence-corrected chi connectivity index (χ0v) is 10.5. The maximum absolute atomic E-state index is 12.2. The number of carbonyl (C=O) groups is 1. The number of aliphatic hydroxyl groups is 1. The molecular formula is C10H13F3N2O2S. The van der Waals surface area contributed by atoms with Crippen LogP contribution in [0.25, 0.3) is 0 Å². The highest BCUT2D eigenvalue weighted by atomic mass is 32.1. The Morgan fingerprint density at radius 1 is 1.56 bits per heavy atom. The molecule has 0 radical (unpaired) electrons. The summed E-state index contributed by atoms with van der Waals surface area (Å²) >= 11 is 1.33. The molecule has 0 aliphatic heterocycles. The van der Waals surface area contributed by atoms with E-state index in [-0.39, 0.29) is 13.0 Å². The first-order valence-electron chi connectivity index (χ1n) is 5.18. The molecule has 0 spiro atoms. The Kier molecular flexibility index (Phi) is 5.09. The van der Waals surface area contributed by atoms with Gasteiger partial charge in [0.2, 0.25) is 5.91 Å². The van der Waals surface area contributed by atoms with E-state index in [1.165, 1.54) is 11.3 Å². The summed E-state index contributed by atoms with van der Waals surface area (Å²) in [5, 5.41) is 11.1. The van der Waals surface area contributed by atoms with Crippen molar-refractivity contribution in [1.29, 1.82) is 0 Å². The van der Waals surface area contributed by atoms with Crippen molar-refractivity contribution in [2.45, 2.75) is 19.5 Å². The fourth-order valence-corrected chi connectivity index (χ4v) is 2.00. The number of thiazole rings is 1. The third kappa shape index (κ3) is 5.01. The summed E-state index contributed by atoms with van der Waals surface area (Å²) in [6.45, 7) is -0.436. The molecule has 102 valence electrons. The molecule has 0 aliphatic carbocycles. The Balaban J connectivity index is 2.64. The third-order valence-corrected chi connectivity index (χ3v) is 2.91. The molecule has 0 aromatic carbocycles. The van der Waals surface area contributed by atoms with Crippen molar-refractivity contribution < 1.29 is 23.1 Å². The summed E-state index contributed by atoms with van der Waals surface area (Å²) in [5.74, 6) is -0.688. The van der Waals surface area contributed by atoms with Crippen LogP contribution in [0.4, 0.5) is 13.2 Å². The largest absolute Gasteiger partial charge is 0.406 e. The van der Waals surface area contributed by atoms with E-state index in [4.69, 9.17) is 5.11 Å². The summed E-state index contributed by atoms with van der Waals surface area (Å²) in [6.07, 6.45) is -4.65. The predicted octanol–water partition coefficient (Wildman–Crippen LogP) is 1.38. The number of aryl methyl sites for hydroxylation is 1. The van der Waals surface area contributed by atoms with Crippen molar-refractivity contribution in [3.8, 4) is 0 Å². The second-order valence-electron chi connectivity index (χ2n) is 3.69. The first-order valence-corrected chi connectivity index (χ1v) is 6.06. The average molecular weight is 282 g/mol.